The molecule has 1 saturated carbocycles. The zero-order valence-electron chi connectivity index (χ0n) is 11.5. The lowest BCUT2D eigenvalue weighted by Crippen LogP contribution is -2.24. The summed E-state index contributed by atoms with van der Waals surface area (Å²) < 4.78 is 7.34. The van der Waals surface area contributed by atoms with Crippen molar-refractivity contribution < 1.29 is 9.21 Å². The van der Waals surface area contributed by atoms with E-state index in [1.165, 1.54) is 19.1 Å². The average Bonchev–Trinajstić information content (AvgIpc) is 3.05. The highest BCUT2D eigenvalue weighted by Gasteiger charge is 2.28. The van der Waals surface area contributed by atoms with Crippen molar-refractivity contribution in [3.8, 4) is 0 Å². The van der Waals surface area contributed by atoms with E-state index in [4.69, 9.17) is 4.42 Å². The Balaban J connectivity index is 1.61. The smallest absolute Gasteiger partial charge is 0.287 e. The summed E-state index contributed by atoms with van der Waals surface area (Å²) in [4.78, 5) is 16.6. The van der Waals surface area contributed by atoms with Gasteiger partial charge in [0, 0.05) is 6.04 Å². The monoisotopic (exact) mass is 281 g/mol. The van der Waals surface area contributed by atoms with E-state index < -0.39 is 0 Å². The van der Waals surface area contributed by atoms with E-state index in [-0.39, 0.29) is 5.91 Å². The van der Waals surface area contributed by atoms with E-state index in [1.54, 1.807) is 12.1 Å². The first-order valence-electron chi connectivity index (χ1n) is 7.10. The second-order valence-corrected chi connectivity index (χ2v) is 5.28. The van der Waals surface area contributed by atoms with E-state index in [2.05, 4.69) is 20.9 Å². The van der Waals surface area contributed by atoms with E-state index in [9.17, 15) is 4.79 Å². The molecule has 3 aromatic rings. The first-order chi connectivity index (χ1) is 10.3. The molecule has 0 bridgehead atoms. The molecule has 1 aromatic carbocycles. The van der Waals surface area contributed by atoms with Gasteiger partial charge in [0.1, 0.15) is 5.82 Å². The van der Waals surface area contributed by atoms with E-state index in [0.29, 0.717) is 18.3 Å². The highest BCUT2D eigenvalue weighted by Crippen LogP contribution is 2.38. The van der Waals surface area contributed by atoms with Crippen LogP contribution in [0.15, 0.2) is 47.1 Å². The van der Waals surface area contributed by atoms with Gasteiger partial charge in [0.25, 0.3) is 5.91 Å². The number of hydrogen-bond acceptors (Lipinski definition) is 3. The van der Waals surface area contributed by atoms with E-state index >= 15 is 0 Å². The molecule has 2 heterocycles. The lowest BCUT2D eigenvalue weighted by atomic mass is 10.3. The summed E-state index contributed by atoms with van der Waals surface area (Å²) in [6.45, 7) is 0.407. The Kier molecular flexibility index (Phi) is 2.77. The highest BCUT2D eigenvalue weighted by atomic mass is 16.3. The highest BCUT2D eigenvalue weighted by molar-refractivity contribution is 5.91. The van der Waals surface area contributed by atoms with Gasteiger partial charge in [-0.3, -0.25) is 4.79 Å². The third-order valence-electron chi connectivity index (χ3n) is 3.73. The number of nitrogens with zero attached hydrogens (tertiary/aromatic N) is 2. The summed E-state index contributed by atoms with van der Waals surface area (Å²) in [5, 5.41) is 2.87. The zero-order valence-corrected chi connectivity index (χ0v) is 11.5. The first-order valence-corrected chi connectivity index (χ1v) is 7.10. The number of aromatic nitrogens is 2. The molecule has 1 aliphatic rings. The molecule has 0 atom stereocenters. The van der Waals surface area contributed by atoms with Crippen molar-refractivity contribution in [3.05, 3.63) is 54.2 Å². The van der Waals surface area contributed by atoms with Gasteiger partial charge in [-0.05, 0) is 37.1 Å². The van der Waals surface area contributed by atoms with Gasteiger partial charge in [-0.2, -0.15) is 0 Å². The van der Waals surface area contributed by atoms with Crippen molar-refractivity contribution in [2.75, 3.05) is 0 Å². The van der Waals surface area contributed by atoms with Crippen molar-refractivity contribution >= 4 is 16.9 Å². The maximum atomic E-state index is 11.9. The fourth-order valence-electron chi connectivity index (χ4n) is 2.61. The fraction of sp³-hybridized carbons (Fsp3) is 0.250. The number of carbonyl (C=O) groups excluding carboxylic acids is 1. The number of hydrogen-bond donors (Lipinski definition) is 1. The van der Waals surface area contributed by atoms with Crippen LogP contribution >= 0.6 is 0 Å². The van der Waals surface area contributed by atoms with Crippen LogP contribution in [0.5, 0.6) is 0 Å². The van der Waals surface area contributed by atoms with Gasteiger partial charge in [0.2, 0.25) is 0 Å². The molecular formula is C16H15N3O2. The van der Waals surface area contributed by atoms with Crippen LogP contribution in [0, 0.1) is 0 Å². The molecule has 5 heteroatoms. The second kappa shape index (κ2) is 4.77. The quantitative estimate of drug-likeness (QED) is 0.800. The lowest BCUT2D eigenvalue weighted by Gasteiger charge is -2.08. The SMILES string of the molecule is O=C(NCc1nc2ccccc2n1C1CC1)c1ccco1. The predicted molar refractivity (Wildman–Crippen MR) is 77.9 cm³/mol. The minimum Gasteiger partial charge on any atom is -0.459 e. The minimum atomic E-state index is -0.214. The summed E-state index contributed by atoms with van der Waals surface area (Å²) in [6, 6.07) is 12.0. The molecule has 0 spiro atoms. The molecule has 0 unspecified atom stereocenters. The second-order valence-electron chi connectivity index (χ2n) is 5.28. The van der Waals surface area contributed by atoms with Gasteiger partial charge < -0.3 is 14.3 Å². The van der Waals surface area contributed by atoms with Crippen molar-refractivity contribution in [2.45, 2.75) is 25.4 Å². The Morgan fingerprint density at radius 1 is 1.29 bits per heavy atom. The number of furan rings is 1. The number of fused-ring (bicyclic) bond motifs is 1. The number of benzene rings is 1. The molecule has 0 radical (unpaired) electrons. The van der Waals surface area contributed by atoms with Crippen LogP contribution in [0.1, 0.15) is 35.3 Å². The Morgan fingerprint density at radius 3 is 2.90 bits per heavy atom. The van der Waals surface area contributed by atoms with Crippen LogP contribution in [-0.4, -0.2) is 15.5 Å². The summed E-state index contributed by atoms with van der Waals surface area (Å²) in [7, 11) is 0. The van der Waals surface area contributed by atoms with Crippen LogP contribution in [0.3, 0.4) is 0 Å². The Bertz CT molecular complexity index is 785. The number of carbonyl (C=O) groups is 1. The average molecular weight is 281 g/mol. The van der Waals surface area contributed by atoms with Gasteiger partial charge in [-0.15, -0.1) is 0 Å². The number of rotatable bonds is 4. The number of para-hydroxylation sites is 2. The molecule has 1 aliphatic carbocycles. The van der Waals surface area contributed by atoms with E-state index in [0.717, 1.165) is 16.9 Å². The molecule has 106 valence electrons. The van der Waals surface area contributed by atoms with Gasteiger partial charge in [0.15, 0.2) is 5.76 Å². The van der Waals surface area contributed by atoms with Crippen molar-refractivity contribution in [1.82, 2.24) is 14.9 Å². The third kappa shape index (κ3) is 2.20. The number of amides is 1. The number of imidazole rings is 1. The van der Waals surface area contributed by atoms with Gasteiger partial charge in [-0.25, -0.2) is 4.98 Å². The molecule has 1 amide bonds. The molecule has 1 N–H and O–H groups in total. The van der Waals surface area contributed by atoms with Crippen LogP contribution in [-0.2, 0) is 6.54 Å². The lowest BCUT2D eigenvalue weighted by molar-refractivity contribution is 0.0921. The molecule has 4 rings (SSSR count). The van der Waals surface area contributed by atoms with Crippen molar-refractivity contribution in [3.63, 3.8) is 0 Å². The van der Waals surface area contributed by atoms with E-state index in [1.807, 2.05) is 18.2 Å². The van der Waals surface area contributed by atoms with Crippen molar-refractivity contribution in [1.29, 1.82) is 0 Å². The summed E-state index contributed by atoms with van der Waals surface area (Å²) in [6.07, 6.45) is 3.85. The van der Waals surface area contributed by atoms with Gasteiger partial charge >= 0.3 is 0 Å². The molecule has 2 aromatic heterocycles. The standard InChI is InChI=1S/C16H15N3O2/c20-16(14-6-3-9-21-14)17-10-15-18-12-4-1-2-5-13(12)19(15)11-7-8-11/h1-6,9,11H,7-8,10H2,(H,17,20). The molecule has 0 aliphatic heterocycles. The minimum absolute atomic E-state index is 0.214. The zero-order chi connectivity index (χ0) is 14.2. The Hall–Kier alpha value is -2.56. The Morgan fingerprint density at radius 2 is 2.14 bits per heavy atom. The van der Waals surface area contributed by atoms with Crippen LogP contribution < -0.4 is 5.32 Å². The normalized spacial score (nSPS) is 14.5. The van der Waals surface area contributed by atoms with Crippen molar-refractivity contribution in [2.24, 2.45) is 0 Å². The molecule has 1 fully saturated rings. The fourth-order valence-corrected chi connectivity index (χ4v) is 2.61. The summed E-state index contributed by atoms with van der Waals surface area (Å²) in [5.41, 5.74) is 2.12. The maximum Gasteiger partial charge on any atom is 0.287 e. The molecule has 0 saturated heterocycles. The maximum absolute atomic E-state index is 11.9. The largest absolute Gasteiger partial charge is 0.459 e. The first kappa shape index (κ1) is 12.2. The van der Waals surface area contributed by atoms with Gasteiger partial charge in [0.05, 0.1) is 23.8 Å². The molecular weight excluding hydrogens is 266 g/mol. The predicted octanol–water partition coefficient (Wildman–Crippen LogP) is 2.89. The van der Waals surface area contributed by atoms with Crippen LogP contribution in [0.2, 0.25) is 0 Å². The number of nitrogens with one attached hydrogen (secondary N) is 1. The Labute approximate surface area is 121 Å². The molecule has 21 heavy (non-hydrogen) atoms. The van der Waals surface area contributed by atoms with Crippen LogP contribution in [0.25, 0.3) is 11.0 Å². The molecule has 5 nitrogen and oxygen atoms in total. The summed E-state index contributed by atoms with van der Waals surface area (Å²) in [5.74, 6) is 1.01. The third-order valence-corrected chi connectivity index (χ3v) is 3.73. The topological polar surface area (TPSA) is 60.1 Å². The van der Waals surface area contributed by atoms with Gasteiger partial charge in [-0.1, -0.05) is 12.1 Å². The summed E-state index contributed by atoms with van der Waals surface area (Å²) >= 11 is 0. The van der Waals surface area contributed by atoms with Crippen LogP contribution in [0.4, 0.5) is 0 Å².